The Morgan fingerprint density at radius 1 is 1.21 bits per heavy atom. The van der Waals surface area contributed by atoms with Gasteiger partial charge in [-0.25, -0.2) is 9.37 Å². The van der Waals surface area contributed by atoms with Gasteiger partial charge in [-0.2, -0.15) is 0 Å². The van der Waals surface area contributed by atoms with Crippen LogP contribution in [-0.4, -0.2) is 36.8 Å². The number of nitrogens with one attached hydrogen (secondary N) is 1. The summed E-state index contributed by atoms with van der Waals surface area (Å²) in [6.45, 7) is 4.34. The summed E-state index contributed by atoms with van der Waals surface area (Å²) in [4.78, 5) is 6.49. The van der Waals surface area contributed by atoms with E-state index in [0.29, 0.717) is 5.69 Å². The first kappa shape index (κ1) is 18.4. The van der Waals surface area contributed by atoms with Crippen molar-refractivity contribution in [3.05, 3.63) is 47.9 Å². The second-order valence-corrected chi connectivity index (χ2v) is 6.48. The van der Waals surface area contributed by atoms with E-state index >= 15 is 0 Å². The molecule has 0 aliphatic heterocycles. The molecule has 2 rings (SSSR count). The molecule has 24 heavy (non-hydrogen) atoms. The van der Waals surface area contributed by atoms with Gasteiger partial charge in [0.05, 0.1) is 18.0 Å². The second-order valence-electron chi connectivity index (χ2n) is 6.48. The molecule has 0 bridgehead atoms. The summed E-state index contributed by atoms with van der Waals surface area (Å²) in [5.41, 5.74) is 3.12. The van der Waals surface area contributed by atoms with Crippen LogP contribution in [0.3, 0.4) is 0 Å². The van der Waals surface area contributed by atoms with Crippen molar-refractivity contribution in [1.29, 1.82) is 0 Å². The standard InChI is InChI=1S/C19H26FN3O/c1-13(2)19(12-24)21-11-18-16(20)8-9-17(22-18)14-6-5-7-15(10-14)23(3)4/h5-10,13,19,21,24H,11-12H2,1-4H3/t19-/m0/s1. The van der Waals surface area contributed by atoms with Crippen LogP contribution in [0.2, 0.25) is 0 Å². The zero-order valence-electron chi connectivity index (χ0n) is 14.8. The van der Waals surface area contributed by atoms with Crippen molar-refractivity contribution in [2.24, 2.45) is 5.92 Å². The molecule has 5 heteroatoms. The van der Waals surface area contributed by atoms with Crippen LogP contribution in [0.4, 0.5) is 10.1 Å². The lowest BCUT2D eigenvalue weighted by Crippen LogP contribution is -2.36. The van der Waals surface area contributed by atoms with Gasteiger partial charge >= 0.3 is 0 Å². The number of aliphatic hydroxyl groups excluding tert-OH is 1. The molecule has 2 N–H and O–H groups in total. The van der Waals surface area contributed by atoms with Gasteiger partial charge in [0.2, 0.25) is 0 Å². The fourth-order valence-corrected chi connectivity index (χ4v) is 2.45. The normalized spacial score (nSPS) is 12.5. The summed E-state index contributed by atoms with van der Waals surface area (Å²) in [7, 11) is 3.96. The molecule has 0 unspecified atom stereocenters. The van der Waals surface area contributed by atoms with Crippen LogP contribution in [0, 0.1) is 11.7 Å². The van der Waals surface area contributed by atoms with E-state index in [2.05, 4.69) is 10.3 Å². The number of benzene rings is 1. The van der Waals surface area contributed by atoms with Crippen LogP contribution < -0.4 is 10.2 Å². The van der Waals surface area contributed by atoms with Crippen molar-refractivity contribution in [1.82, 2.24) is 10.3 Å². The fraction of sp³-hybridized carbons (Fsp3) is 0.421. The van der Waals surface area contributed by atoms with Crippen LogP contribution >= 0.6 is 0 Å². The summed E-state index contributed by atoms with van der Waals surface area (Å²) in [5, 5.41) is 12.6. The lowest BCUT2D eigenvalue weighted by molar-refractivity contribution is 0.209. The first-order valence-corrected chi connectivity index (χ1v) is 8.19. The molecule has 1 aromatic heterocycles. The van der Waals surface area contributed by atoms with Crippen LogP contribution in [0.5, 0.6) is 0 Å². The quantitative estimate of drug-likeness (QED) is 0.819. The van der Waals surface area contributed by atoms with Crippen molar-refractivity contribution in [2.45, 2.75) is 26.4 Å². The van der Waals surface area contributed by atoms with Gasteiger partial charge in [0.1, 0.15) is 5.82 Å². The van der Waals surface area contributed by atoms with Crippen LogP contribution in [0.15, 0.2) is 36.4 Å². The van der Waals surface area contributed by atoms with Crippen molar-refractivity contribution >= 4 is 5.69 Å². The number of aliphatic hydroxyl groups is 1. The van der Waals surface area contributed by atoms with Gasteiger partial charge < -0.3 is 15.3 Å². The van der Waals surface area contributed by atoms with E-state index < -0.39 is 0 Å². The summed E-state index contributed by atoms with van der Waals surface area (Å²) < 4.78 is 14.1. The molecule has 1 heterocycles. The molecular formula is C19H26FN3O. The highest BCUT2D eigenvalue weighted by atomic mass is 19.1. The number of aromatic nitrogens is 1. The molecule has 0 amide bonds. The topological polar surface area (TPSA) is 48.4 Å². The maximum Gasteiger partial charge on any atom is 0.146 e. The van der Waals surface area contributed by atoms with Crippen molar-refractivity contribution in [2.75, 3.05) is 25.6 Å². The Balaban J connectivity index is 2.23. The second kappa shape index (κ2) is 8.22. The maximum absolute atomic E-state index is 14.1. The van der Waals surface area contributed by atoms with Crippen molar-refractivity contribution < 1.29 is 9.50 Å². The first-order valence-electron chi connectivity index (χ1n) is 8.19. The number of halogens is 1. The zero-order chi connectivity index (χ0) is 17.7. The molecule has 1 atom stereocenters. The third-order valence-electron chi connectivity index (χ3n) is 4.11. The lowest BCUT2D eigenvalue weighted by atomic mass is 10.1. The van der Waals surface area contributed by atoms with Crippen molar-refractivity contribution in [3.63, 3.8) is 0 Å². The van der Waals surface area contributed by atoms with Gasteiger partial charge in [-0.15, -0.1) is 0 Å². The summed E-state index contributed by atoms with van der Waals surface area (Å²) in [6, 6.07) is 11.0. The average Bonchev–Trinajstić information content (AvgIpc) is 2.56. The fourth-order valence-electron chi connectivity index (χ4n) is 2.45. The maximum atomic E-state index is 14.1. The molecule has 0 saturated carbocycles. The molecule has 0 saturated heterocycles. The first-order chi connectivity index (χ1) is 11.4. The lowest BCUT2D eigenvalue weighted by Gasteiger charge is -2.20. The molecule has 1 aromatic carbocycles. The van der Waals surface area contributed by atoms with Crippen molar-refractivity contribution in [3.8, 4) is 11.3 Å². The number of pyridine rings is 1. The van der Waals surface area contributed by atoms with Crippen LogP contribution in [-0.2, 0) is 6.54 Å². The van der Waals surface area contributed by atoms with Gasteiger partial charge in [-0.05, 0) is 30.2 Å². The van der Waals surface area contributed by atoms with Gasteiger partial charge in [0.25, 0.3) is 0 Å². The molecule has 4 nitrogen and oxygen atoms in total. The van der Waals surface area contributed by atoms with Crippen LogP contribution in [0.1, 0.15) is 19.5 Å². The molecule has 0 fully saturated rings. The van der Waals surface area contributed by atoms with Crippen LogP contribution in [0.25, 0.3) is 11.3 Å². The van der Waals surface area contributed by atoms with E-state index in [1.54, 1.807) is 6.07 Å². The number of hydrogen-bond acceptors (Lipinski definition) is 4. The summed E-state index contributed by atoms with van der Waals surface area (Å²) in [6.07, 6.45) is 0. The minimum absolute atomic E-state index is 0.0177. The monoisotopic (exact) mass is 331 g/mol. The van der Waals surface area contributed by atoms with E-state index in [-0.39, 0.29) is 30.9 Å². The number of anilines is 1. The SMILES string of the molecule is CC(C)[C@H](CO)NCc1nc(-c2cccc(N(C)C)c2)ccc1F. The number of hydrogen-bond donors (Lipinski definition) is 2. The Hall–Kier alpha value is -1.98. The largest absolute Gasteiger partial charge is 0.395 e. The molecule has 130 valence electrons. The minimum atomic E-state index is -0.338. The Labute approximate surface area is 143 Å². The van der Waals surface area contributed by atoms with Gasteiger partial charge in [0, 0.05) is 37.9 Å². The smallest absolute Gasteiger partial charge is 0.146 e. The molecule has 0 aliphatic carbocycles. The molecular weight excluding hydrogens is 305 g/mol. The Kier molecular flexibility index (Phi) is 6.29. The Morgan fingerprint density at radius 2 is 1.96 bits per heavy atom. The number of rotatable bonds is 7. The molecule has 0 spiro atoms. The van der Waals surface area contributed by atoms with E-state index in [4.69, 9.17) is 0 Å². The molecule has 2 aromatic rings. The van der Waals surface area contributed by atoms with E-state index in [1.807, 2.05) is 57.1 Å². The third-order valence-corrected chi connectivity index (χ3v) is 4.11. The van der Waals surface area contributed by atoms with Gasteiger partial charge in [-0.1, -0.05) is 26.0 Å². The molecule has 0 radical (unpaired) electrons. The predicted octanol–water partition coefficient (Wildman–Crippen LogP) is 3.06. The zero-order valence-corrected chi connectivity index (χ0v) is 14.8. The number of nitrogens with zero attached hydrogens (tertiary/aromatic N) is 2. The predicted molar refractivity (Wildman–Crippen MR) is 96.5 cm³/mol. The average molecular weight is 331 g/mol. The summed E-state index contributed by atoms with van der Waals surface area (Å²) >= 11 is 0. The summed E-state index contributed by atoms with van der Waals surface area (Å²) in [5.74, 6) is -0.0755. The highest BCUT2D eigenvalue weighted by Gasteiger charge is 2.14. The molecule has 0 aliphatic rings. The van der Waals surface area contributed by atoms with E-state index in [9.17, 15) is 9.50 Å². The van der Waals surface area contributed by atoms with Gasteiger partial charge in [0.15, 0.2) is 0 Å². The Morgan fingerprint density at radius 3 is 2.58 bits per heavy atom. The highest BCUT2D eigenvalue weighted by Crippen LogP contribution is 2.23. The van der Waals surface area contributed by atoms with E-state index in [1.165, 1.54) is 6.07 Å². The van der Waals surface area contributed by atoms with E-state index in [0.717, 1.165) is 16.9 Å². The Bertz CT molecular complexity index is 673. The highest BCUT2D eigenvalue weighted by molar-refractivity contribution is 5.65. The van der Waals surface area contributed by atoms with Gasteiger partial charge in [-0.3, -0.25) is 0 Å². The third kappa shape index (κ3) is 4.52. The minimum Gasteiger partial charge on any atom is -0.395 e.